The van der Waals surface area contributed by atoms with Gasteiger partial charge < -0.3 is 19.5 Å². The smallest absolute Gasteiger partial charge is 0.489 e. The van der Waals surface area contributed by atoms with Crippen molar-refractivity contribution in [1.29, 1.82) is 0 Å². The molecule has 0 aromatic heterocycles. The van der Waals surface area contributed by atoms with Gasteiger partial charge in [0, 0.05) is 13.1 Å². The van der Waals surface area contributed by atoms with Gasteiger partial charge in [-0.1, -0.05) is 48.5 Å². The predicted octanol–water partition coefficient (Wildman–Crippen LogP) is 5.60. The molecule has 31 heavy (non-hydrogen) atoms. The molecule has 0 aliphatic carbocycles. The first-order chi connectivity index (χ1) is 14.5. The Morgan fingerprint density at radius 3 is 2.13 bits per heavy atom. The van der Waals surface area contributed by atoms with Crippen molar-refractivity contribution in [2.75, 3.05) is 13.1 Å². The number of hydrogen-bond donors (Lipinski definition) is 1. The van der Waals surface area contributed by atoms with Crippen LogP contribution in [0.2, 0.25) is 0 Å². The molecule has 0 saturated carbocycles. The van der Waals surface area contributed by atoms with E-state index in [1.165, 1.54) is 12.1 Å². The van der Waals surface area contributed by atoms with Crippen molar-refractivity contribution >= 4 is 12.4 Å². The highest BCUT2D eigenvalue weighted by atomic mass is 35.5. The number of rotatable bonds is 7. The van der Waals surface area contributed by atoms with Crippen LogP contribution in [0.1, 0.15) is 5.56 Å². The Balaban J connectivity index is 0.00000272. The summed E-state index contributed by atoms with van der Waals surface area (Å²) in [6.07, 6.45) is -4.96. The van der Waals surface area contributed by atoms with Crippen molar-refractivity contribution in [3.8, 4) is 28.4 Å². The number of hydrogen-bond acceptors (Lipinski definition) is 4. The maximum Gasteiger partial charge on any atom is 0.573 e. The fourth-order valence-electron chi connectivity index (χ4n) is 3.00. The monoisotopic (exact) mass is 451 g/mol. The van der Waals surface area contributed by atoms with Gasteiger partial charge in [0.1, 0.15) is 18.5 Å². The second kappa shape index (κ2) is 9.94. The lowest BCUT2D eigenvalue weighted by atomic mass is 10.0. The van der Waals surface area contributed by atoms with Gasteiger partial charge in [0.15, 0.2) is 11.5 Å². The minimum Gasteiger partial charge on any atom is -0.489 e. The molecular formula is C23H21ClF3NO3. The summed E-state index contributed by atoms with van der Waals surface area (Å²) >= 11 is 0. The van der Waals surface area contributed by atoms with Crippen molar-refractivity contribution in [2.24, 2.45) is 0 Å². The maximum absolute atomic E-state index is 12.9. The van der Waals surface area contributed by atoms with E-state index in [1.807, 2.05) is 30.3 Å². The molecule has 0 amide bonds. The highest BCUT2D eigenvalue weighted by molar-refractivity contribution is 5.85. The standard InChI is InChI=1S/C23H20F3NO3.ClH/c24-23(25,26)30-22-12-18(8-11-21(22)29-20-13-27-14-20)17-6-9-19(10-7-17)28-15-16-4-2-1-3-5-16;/h1-12,20,27H,13-15H2;1H. The summed E-state index contributed by atoms with van der Waals surface area (Å²) in [5, 5.41) is 3.01. The van der Waals surface area contributed by atoms with Crippen molar-refractivity contribution < 1.29 is 27.4 Å². The third kappa shape index (κ3) is 6.29. The van der Waals surface area contributed by atoms with Gasteiger partial charge in [-0.15, -0.1) is 25.6 Å². The highest BCUT2D eigenvalue weighted by Crippen LogP contribution is 2.37. The number of halogens is 4. The largest absolute Gasteiger partial charge is 0.573 e. The molecule has 3 aromatic carbocycles. The van der Waals surface area contributed by atoms with E-state index in [2.05, 4.69) is 10.1 Å². The van der Waals surface area contributed by atoms with E-state index in [0.717, 1.165) is 11.1 Å². The van der Waals surface area contributed by atoms with Gasteiger partial charge in [-0.25, -0.2) is 0 Å². The van der Waals surface area contributed by atoms with Crippen LogP contribution in [0.15, 0.2) is 72.8 Å². The van der Waals surface area contributed by atoms with Crippen LogP contribution >= 0.6 is 12.4 Å². The van der Waals surface area contributed by atoms with Crippen LogP contribution in [-0.4, -0.2) is 25.6 Å². The van der Waals surface area contributed by atoms with Crippen molar-refractivity contribution in [1.82, 2.24) is 5.32 Å². The predicted molar refractivity (Wildman–Crippen MR) is 114 cm³/mol. The minimum atomic E-state index is -4.80. The summed E-state index contributed by atoms with van der Waals surface area (Å²) in [7, 11) is 0. The summed E-state index contributed by atoms with van der Waals surface area (Å²) in [5.41, 5.74) is 2.38. The molecule has 164 valence electrons. The van der Waals surface area contributed by atoms with Gasteiger partial charge in [0.05, 0.1) is 0 Å². The average Bonchev–Trinajstić information content (AvgIpc) is 2.70. The van der Waals surface area contributed by atoms with E-state index in [1.54, 1.807) is 30.3 Å². The molecule has 1 fully saturated rings. The van der Waals surface area contributed by atoms with Crippen LogP contribution in [0.5, 0.6) is 17.2 Å². The maximum atomic E-state index is 12.9. The van der Waals surface area contributed by atoms with Crippen LogP contribution < -0.4 is 19.5 Å². The Morgan fingerprint density at radius 1 is 0.839 bits per heavy atom. The zero-order chi connectivity index (χ0) is 21.0. The second-order valence-corrected chi connectivity index (χ2v) is 6.91. The first-order valence-corrected chi connectivity index (χ1v) is 9.51. The highest BCUT2D eigenvalue weighted by Gasteiger charge is 2.33. The first-order valence-electron chi connectivity index (χ1n) is 9.51. The van der Waals surface area contributed by atoms with Gasteiger partial charge >= 0.3 is 6.36 Å². The number of ether oxygens (including phenoxy) is 3. The molecule has 1 aliphatic rings. The topological polar surface area (TPSA) is 39.7 Å². The molecule has 1 saturated heterocycles. The summed E-state index contributed by atoms with van der Waals surface area (Å²) in [6, 6.07) is 21.5. The molecule has 1 heterocycles. The Morgan fingerprint density at radius 2 is 1.52 bits per heavy atom. The van der Waals surface area contributed by atoms with Gasteiger partial charge in [0.25, 0.3) is 0 Å². The summed E-state index contributed by atoms with van der Waals surface area (Å²) < 4.78 is 54.1. The number of alkyl halides is 3. The zero-order valence-corrected chi connectivity index (χ0v) is 17.2. The normalized spacial score (nSPS) is 13.6. The molecule has 0 atom stereocenters. The molecule has 0 unspecified atom stereocenters. The molecule has 4 nitrogen and oxygen atoms in total. The van der Waals surface area contributed by atoms with Gasteiger partial charge in [0.2, 0.25) is 0 Å². The molecule has 8 heteroatoms. The molecule has 1 N–H and O–H groups in total. The van der Waals surface area contributed by atoms with Crippen LogP contribution in [0.4, 0.5) is 13.2 Å². The molecule has 0 spiro atoms. The lowest BCUT2D eigenvalue weighted by Gasteiger charge is -2.28. The Bertz CT molecular complexity index is 978. The lowest BCUT2D eigenvalue weighted by molar-refractivity contribution is -0.275. The van der Waals surface area contributed by atoms with E-state index in [9.17, 15) is 13.2 Å². The molecule has 1 aliphatic heterocycles. The summed E-state index contributed by atoms with van der Waals surface area (Å²) in [5.74, 6) is 0.397. The first kappa shape index (κ1) is 22.8. The zero-order valence-electron chi connectivity index (χ0n) is 16.4. The van der Waals surface area contributed by atoms with E-state index in [4.69, 9.17) is 9.47 Å². The van der Waals surface area contributed by atoms with Crippen molar-refractivity contribution in [2.45, 2.75) is 19.1 Å². The number of nitrogens with one attached hydrogen (secondary N) is 1. The molecular weight excluding hydrogens is 431 g/mol. The average molecular weight is 452 g/mol. The van der Waals surface area contributed by atoms with Crippen LogP contribution in [0, 0.1) is 0 Å². The van der Waals surface area contributed by atoms with Gasteiger partial charge in [-0.2, -0.15) is 0 Å². The van der Waals surface area contributed by atoms with Crippen molar-refractivity contribution in [3.63, 3.8) is 0 Å². The van der Waals surface area contributed by atoms with Gasteiger partial charge in [-0.05, 0) is 41.0 Å². The van der Waals surface area contributed by atoms with E-state index >= 15 is 0 Å². The van der Waals surface area contributed by atoms with Crippen molar-refractivity contribution in [3.05, 3.63) is 78.4 Å². The quantitative estimate of drug-likeness (QED) is 0.507. The lowest BCUT2D eigenvalue weighted by Crippen LogP contribution is -2.50. The fourth-order valence-corrected chi connectivity index (χ4v) is 3.00. The molecule has 3 aromatic rings. The van der Waals surface area contributed by atoms with E-state index in [0.29, 0.717) is 31.0 Å². The van der Waals surface area contributed by atoms with Crippen LogP contribution in [0.25, 0.3) is 11.1 Å². The summed E-state index contributed by atoms with van der Waals surface area (Å²) in [6.45, 7) is 1.63. The van der Waals surface area contributed by atoms with Gasteiger partial charge in [-0.3, -0.25) is 0 Å². The van der Waals surface area contributed by atoms with E-state index < -0.39 is 6.36 Å². The van der Waals surface area contributed by atoms with Crippen LogP contribution in [-0.2, 0) is 6.61 Å². The molecule has 0 bridgehead atoms. The van der Waals surface area contributed by atoms with E-state index in [-0.39, 0.29) is 30.0 Å². The SMILES string of the molecule is Cl.FC(F)(F)Oc1cc(-c2ccc(OCc3ccccc3)cc2)ccc1OC1CNC1. The third-order valence-corrected chi connectivity index (χ3v) is 4.64. The van der Waals surface area contributed by atoms with Crippen LogP contribution in [0.3, 0.4) is 0 Å². The minimum absolute atomic E-state index is 0. The molecule has 0 radical (unpaired) electrons. The number of benzene rings is 3. The third-order valence-electron chi connectivity index (χ3n) is 4.64. The fraction of sp³-hybridized carbons (Fsp3) is 0.217. The Kier molecular flexibility index (Phi) is 7.30. The second-order valence-electron chi connectivity index (χ2n) is 6.91. The summed E-state index contributed by atoms with van der Waals surface area (Å²) in [4.78, 5) is 0. The Labute approximate surface area is 184 Å². The Hall–Kier alpha value is -2.90. The molecule has 4 rings (SSSR count).